The number of nitrogens with zero attached hydrogens (tertiary/aromatic N) is 1. The Hall–Kier alpha value is -9.24. The highest BCUT2D eigenvalue weighted by Gasteiger charge is 2.52. The van der Waals surface area contributed by atoms with Crippen LogP contribution in [0.1, 0.15) is 44.5 Å². The number of para-hydroxylation sites is 2. The Morgan fingerprint density at radius 3 is 1.35 bits per heavy atom. The fourth-order valence-corrected chi connectivity index (χ4v) is 13.1. The predicted molar refractivity (Wildman–Crippen MR) is 296 cm³/mol. The molecule has 12 aromatic carbocycles. The first-order valence-corrected chi connectivity index (χ1v) is 25.0. The zero-order valence-corrected chi connectivity index (χ0v) is 39.3. The van der Waals surface area contributed by atoms with Gasteiger partial charge < -0.3 is 9.64 Å². The van der Waals surface area contributed by atoms with Crippen molar-refractivity contribution in [3.8, 4) is 44.9 Å². The van der Waals surface area contributed by atoms with E-state index < -0.39 is 10.8 Å². The van der Waals surface area contributed by atoms with Crippen LogP contribution in [0.25, 0.3) is 54.9 Å². The molecule has 0 unspecified atom stereocenters. The third kappa shape index (κ3) is 5.55. The lowest BCUT2D eigenvalue weighted by atomic mass is 9.65. The molecule has 0 amide bonds. The van der Waals surface area contributed by atoms with Crippen LogP contribution in [-0.2, 0) is 10.8 Å². The summed E-state index contributed by atoms with van der Waals surface area (Å²) in [5.74, 6) is 1.85. The summed E-state index contributed by atoms with van der Waals surface area (Å²) in [5.41, 5.74) is 19.4. The molecule has 3 aliphatic rings. The summed E-state index contributed by atoms with van der Waals surface area (Å²) in [6.45, 7) is 0. The van der Waals surface area contributed by atoms with Crippen LogP contribution in [0.5, 0.6) is 11.5 Å². The molecule has 1 spiro atoms. The molecule has 0 fully saturated rings. The summed E-state index contributed by atoms with van der Waals surface area (Å²) in [7, 11) is 0. The summed E-state index contributed by atoms with van der Waals surface area (Å²) < 4.78 is 7.24. The number of fused-ring (bicyclic) bond motifs is 16. The van der Waals surface area contributed by atoms with E-state index in [0.29, 0.717) is 0 Å². The number of hydrogen-bond acceptors (Lipinski definition) is 2. The highest BCUT2D eigenvalue weighted by Crippen LogP contribution is 2.65. The average Bonchev–Trinajstić information content (AvgIpc) is 3.91. The molecule has 2 heteroatoms. The van der Waals surface area contributed by atoms with Crippen LogP contribution in [0, 0.1) is 0 Å². The molecule has 0 saturated carbocycles. The van der Waals surface area contributed by atoms with E-state index in [2.05, 4.69) is 278 Å². The van der Waals surface area contributed by atoms with Crippen molar-refractivity contribution in [3.63, 3.8) is 0 Å². The summed E-state index contributed by atoms with van der Waals surface area (Å²) >= 11 is 0. The van der Waals surface area contributed by atoms with Gasteiger partial charge in [0.05, 0.1) is 16.5 Å². The second-order valence-corrected chi connectivity index (χ2v) is 19.4. The Bertz CT molecular complexity index is 4010. The van der Waals surface area contributed by atoms with Gasteiger partial charge in [-0.05, 0) is 108 Å². The van der Waals surface area contributed by atoms with Crippen LogP contribution in [-0.4, -0.2) is 0 Å². The van der Waals surface area contributed by atoms with Gasteiger partial charge in [-0.15, -0.1) is 0 Å². The van der Waals surface area contributed by atoms with Crippen molar-refractivity contribution >= 4 is 38.6 Å². The van der Waals surface area contributed by atoms with Crippen molar-refractivity contribution in [2.75, 3.05) is 4.90 Å². The molecule has 0 saturated heterocycles. The van der Waals surface area contributed by atoms with E-state index in [1.807, 2.05) is 0 Å². The molecule has 72 heavy (non-hydrogen) atoms. The summed E-state index contributed by atoms with van der Waals surface area (Å²) in [4.78, 5) is 2.45. The quantitative estimate of drug-likeness (QED) is 0.165. The number of hydrogen-bond donors (Lipinski definition) is 0. The fourth-order valence-electron chi connectivity index (χ4n) is 13.1. The standard InChI is InChI=1S/C70H45NO/c1-4-22-49(23-5-1)69(50-24-6-2-7-25-50)60-33-17-14-32-57(60)59-45-52(39-43-62(59)69)71(51-26-8-3-9-27-51)66-35-19-16-28-53(66)48-38-40-63-58(44-48)56-31-15-18-34-61(56)70(63)64-41-36-46-20-10-12-29-54(46)67(64)72-68-55-30-13-11-21-47(55)37-42-65(68)70/h1-45H. The molecule has 0 aromatic heterocycles. The van der Waals surface area contributed by atoms with Gasteiger partial charge in [0.1, 0.15) is 11.5 Å². The molecule has 15 rings (SSSR count). The van der Waals surface area contributed by atoms with E-state index in [-0.39, 0.29) is 0 Å². The number of ether oxygens (including phenoxy) is 1. The van der Waals surface area contributed by atoms with Crippen molar-refractivity contribution < 1.29 is 4.74 Å². The smallest absolute Gasteiger partial charge is 0.140 e. The van der Waals surface area contributed by atoms with E-state index in [0.717, 1.165) is 61.2 Å². The molecular formula is C70H45NO. The predicted octanol–water partition coefficient (Wildman–Crippen LogP) is 18.0. The van der Waals surface area contributed by atoms with Gasteiger partial charge in [0.2, 0.25) is 0 Å². The van der Waals surface area contributed by atoms with Crippen molar-refractivity contribution in [2.24, 2.45) is 0 Å². The highest BCUT2D eigenvalue weighted by molar-refractivity contribution is 6.01. The molecular weight excluding hydrogens is 871 g/mol. The van der Waals surface area contributed by atoms with Crippen LogP contribution in [0.2, 0.25) is 0 Å². The molecule has 0 atom stereocenters. The summed E-state index contributed by atoms with van der Waals surface area (Å²) in [6.07, 6.45) is 0. The Labute approximate surface area is 419 Å². The topological polar surface area (TPSA) is 12.5 Å². The third-order valence-corrected chi connectivity index (χ3v) is 16.0. The number of benzene rings is 12. The van der Waals surface area contributed by atoms with Crippen molar-refractivity contribution in [2.45, 2.75) is 10.8 Å². The number of rotatable bonds is 6. The van der Waals surface area contributed by atoms with E-state index in [1.165, 1.54) is 66.8 Å². The molecule has 0 N–H and O–H groups in total. The van der Waals surface area contributed by atoms with Gasteiger partial charge in [0.25, 0.3) is 0 Å². The van der Waals surface area contributed by atoms with Gasteiger partial charge in [0.15, 0.2) is 0 Å². The Balaban J connectivity index is 0.942. The van der Waals surface area contributed by atoms with Crippen LogP contribution in [0.15, 0.2) is 273 Å². The molecule has 0 bridgehead atoms. The van der Waals surface area contributed by atoms with Gasteiger partial charge in [-0.3, -0.25) is 0 Å². The van der Waals surface area contributed by atoms with Crippen LogP contribution in [0.3, 0.4) is 0 Å². The molecule has 2 aliphatic carbocycles. The van der Waals surface area contributed by atoms with E-state index in [1.54, 1.807) is 0 Å². The van der Waals surface area contributed by atoms with Crippen LogP contribution in [0.4, 0.5) is 17.1 Å². The van der Waals surface area contributed by atoms with Gasteiger partial charge >= 0.3 is 0 Å². The van der Waals surface area contributed by atoms with Crippen molar-refractivity contribution in [1.29, 1.82) is 0 Å². The molecule has 1 aliphatic heterocycles. The first-order valence-electron chi connectivity index (χ1n) is 25.0. The second-order valence-electron chi connectivity index (χ2n) is 19.4. The van der Waals surface area contributed by atoms with Gasteiger partial charge in [-0.1, -0.05) is 237 Å². The Kier molecular flexibility index (Phi) is 8.82. The minimum absolute atomic E-state index is 0.480. The molecule has 0 radical (unpaired) electrons. The molecule has 2 nitrogen and oxygen atoms in total. The lowest BCUT2D eigenvalue weighted by molar-refractivity contribution is 0.447. The molecule has 336 valence electrons. The lowest BCUT2D eigenvalue weighted by Gasteiger charge is -2.40. The van der Waals surface area contributed by atoms with Gasteiger partial charge in [-0.25, -0.2) is 0 Å². The maximum absolute atomic E-state index is 7.24. The molecule has 12 aromatic rings. The fraction of sp³-hybridized carbons (Fsp3) is 0.0286. The minimum Gasteiger partial charge on any atom is -0.455 e. The third-order valence-electron chi connectivity index (χ3n) is 16.0. The monoisotopic (exact) mass is 915 g/mol. The van der Waals surface area contributed by atoms with Crippen molar-refractivity contribution in [3.05, 3.63) is 317 Å². The van der Waals surface area contributed by atoms with Crippen molar-refractivity contribution in [1.82, 2.24) is 0 Å². The first-order chi connectivity index (χ1) is 35.7. The maximum Gasteiger partial charge on any atom is 0.140 e. The highest BCUT2D eigenvalue weighted by atomic mass is 16.5. The summed E-state index contributed by atoms with van der Waals surface area (Å²) in [6, 6.07) is 101. The minimum atomic E-state index is -0.619. The maximum atomic E-state index is 7.24. The normalized spacial score (nSPS) is 13.9. The number of anilines is 3. The Morgan fingerprint density at radius 2 is 0.722 bits per heavy atom. The SMILES string of the molecule is c1ccc(N(c2ccc3c(c2)-c2ccccc2C3(c2ccccc2)c2ccccc2)c2ccccc2-c2ccc3c(c2)-c2ccccc2C32c3ccc4ccccc4c3Oc3c2ccc2ccccc32)cc1. The van der Waals surface area contributed by atoms with Crippen LogP contribution >= 0.6 is 0 Å². The van der Waals surface area contributed by atoms with E-state index in [4.69, 9.17) is 4.74 Å². The average molecular weight is 916 g/mol. The van der Waals surface area contributed by atoms with Crippen LogP contribution < -0.4 is 9.64 Å². The van der Waals surface area contributed by atoms with E-state index >= 15 is 0 Å². The zero-order chi connectivity index (χ0) is 47.4. The zero-order valence-electron chi connectivity index (χ0n) is 39.3. The Morgan fingerprint density at radius 1 is 0.278 bits per heavy atom. The van der Waals surface area contributed by atoms with E-state index in [9.17, 15) is 0 Å². The summed E-state index contributed by atoms with van der Waals surface area (Å²) in [5, 5.41) is 4.56. The first kappa shape index (κ1) is 40.6. The van der Waals surface area contributed by atoms with Gasteiger partial charge in [0, 0.05) is 38.8 Å². The van der Waals surface area contributed by atoms with Gasteiger partial charge in [-0.2, -0.15) is 0 Å². The lowest BCUT2D eigenvalue weighted by Crippen LogP contribution is -2.32. The second kappa shape index (κ2) is 15.6. The largest absolute Gasteiger partial charge is 0.455 e. The molecule has 1 heterocycles.